The third kappa shape index (κ3) is 3.54. The minimum atomic E-state index is -0.419. The number of hydrogen-bond donors (Lipinski definition) is 2. The Bertz CT molecular complexity index is 616. The number of nitrogens with two attached hydrogens (primary N) is 1. The second-order valence-electron chi connectivity index (χ2n) is 4.05. The zero-order chi connectivity index (χ0) is 13.8. The average Bonchev–Trinajstić information content (AvgIpc) is 2.37. The molecule has 0 aliphatic rings. The maximum absolute atomic E-state index is 13.3. The van der Waals surface area contributed by atoms with Gasteiger partial charge in [-0.1, -0.05) is 18.2 Å². The van der Waals surface area contributed by atoms with E-state index in [9.17, 15) is 9.18 Å². The van der Waals surface area contributed by atoms with Crippen molar-refractivity contribution in [2.45, 2.75) is 6.42 Å². The molecule has 0 fully saturated rings. The fourth-order valence-corrected chi connectivity index (χ4v) is 1.89. The first kappa shape index (κ1) is 13.5. The Morgan fingerprint density at radius 2 is 2.00 bits per heavy atom. The van der Waals surface area contributed by atoms with E-state index in [2.05, 4.69) is 21.2 Å². The molecule has 2 rings (SSSR count). The number of anilines is 2. The van der Waals surface area contributed by atoms with Gasteiger partial charge in [-0.2, -0.15) is 0 Å². The molecule has 0 saturated heterocycles. The van der Waals surface area contributed by atoms with Gasteiger partial charge in [0.15, 0.2) is 0 Å². The summed E-state index contributed by atoms with van der Waals surface area (Å²) in [4.78, 5) is 11.8. The standard InChI is InChI=1S/C14H12BrFN2O/c15-11-6-5-10(8-12(11)16)18-14(19)7-9-3-1-2-4-13(9)17/h1-6,8H,7,17H2,(H,18,19). The van der Waals surface area contributed by atoms with Crippen molar-refractivity contribution < 1.29 is 9.18 Å². The van der Waals surface area contributed by atoms with Crippen LogP contribution in [-0.4, -0.2) is 5.91 Å². The van der Waals surface area contributed by atoms with Crippen LogP contribution in [0.1, 0.15) is 5.56 Å². The molecule has 2 aromatic carbocycles. The highest BCUT2D eigenvalue weighted by molar-refractivity contribution is 9.10. The highest BCUT2D eigenvalue weighted by atomic mass is 79.9. The van der Waals surface area contributed by atoms with Gasteiger partial charge in [0.25, 0.3) is 0 Å². The topological polar surface area (TPSA) is 55.1 Å². The summed E-state index contributed by atoms with van der Waals surface area (Å²) in [5, 5.41) is 2.63. The fraction of sp³-hybridized carbons (Fsp3) is 0.0714. The quantitative estimate of drug-likeness (QED) is 0.851. The number of nitrogen functional groups attached to an aromatic ring is 1. The predicted molar refractivity (Wildman–Crippen MR) is 77.3 cm³/mol. The van der Waals surface area contributed by atoms with Crippen molar-refractivity contribution in [3.05, 3.63) is 58.3 Å². The van der Waals surface area contributed by atoms with Crippen LogP contribution in [0.15, 0.2) is 46.9 Å². The molecule has 0 saturated carbocycles. The molecule has 0 radical (unpaired) electrons. The maximum atomic E-state index is 13.3. The second-order valence-corrected chi connectivity index (χ2v) is 4.91. The molecule has 3 nitrogen and oxygen atoms in total. The first-order chi connectivity index (χ1) is 9.06. The summed E-state index contributed by atoms with van der Waals surface area (Å²) >= 11 is 3.05. The van der Waals surface area contributed by atoms with E-state index in [0.29, 0.717) is 15.8 Å². The van der Waals surface area contributed by atoms with Crippen molar-refractivity contribution in [3.63, 3.8) is 0 Å². The third-order valence-corrected chi connectivity index (χ3v) is 3.25. The van der Waals surface area contributed by atoms with Gasteiger partial charge in [-0.15, -0.1) is 0 Å². The Hall–Kier alpha value is -1.88. The Morgan fingerprint density at radius 1 is 1.26 bits per heavy atom. The highest BCUT2D eigenvalue weighted by Crippen LogP contribution is 2.19. The van der Waals surface area contributed by atoms with Crippen molar-refractivity contribution in [3.8, 4) is 0 Å². The van der Waals surface area contributed by atoms with Crippen LogP contribution < -0.4 is 11.1 Å². The van der Waals surface area contributed by atoms with Crippen LogP contribution in [0.2, 0.25) is 0 Å². The molecular formula is C14H12BrFN2O. The average molecular weight is 323 g/mol. The van der Waals surface area contributed by atoms with Crippen LogP contribution in [0.5, 0.6) is 0 Å². The first-order valence-corrected chi connectivity index (χ1v) is 6.44. The lowest BCUT2D eigenvalue weighted by Crippen LogP contribution is -2.15. The second kappa shape index (κ2) is 5.84. The molecule has 3 N–H and O–H groups in total. The van der Waals surface area contributed by atoms with E-state index in [1.165, 1.54) is 6.07 Å². The molecule has 98 valence electrons. The van der Waals surface area contributed by atoms with Gasteiger partial charge in [0.1, 0.15) is 5.82 Å². The summed E-state index contributed by atoms with van der Waals surface area (Å²) in [5.41, 5.74) is 7.49. The molecule has 2 aromatic rings. The molecule has 0 atom stereocenters. The number of carbonyl (C=O) groups is 1. The number of hydrogen-bond acceptors (Lipinski definition) is 2. The van der Waals surface area contributed by atoms with Gasteiger partial charge in [-0.05, 0) is 45.8 Å². The summed E-state index contributed by atoms with van der Waals surface area (Å²) in [7, 11) is 0. The molecule has 0 aliphatic carbocycles. The lowest BCUT2D eigenvalue weighted by molar-refractivity contribution is -0.115. The van der Waals surface area contributed by atoms with E-state index in [1.54, 1.807) is 30.3 Å². The number of halogens is 2. The molecule has 1 amide bonds. The lowest BCUT2D eigenvalue weighted by atomic mass is 10.1. The van der Waals surface area contributed by atoms with Crippen molar-refractivity contribution in [2.24, 2.45) is 0 Å². The largest absolute Gasteiger partial charge is 0.398 e. The Labute approximate surface area is 118 Å². The Balaban J connectivity index is 2.05. The fourth-order valence-electron chi connectivity index (χ4n) is 1.65. The lowest BCUT2D eigenvalue weighted by Gasteiger charge is -2.07. The zero-order valence-corrected chi connectivity index (χ0v) is 11.6. The molecule has 0 spiro atoms. The Kier molecular flexibility index (Phi) is 4.16. The molecule has 5 heteroatoms. The summed E-state index contributed by atoms with van der Waals surface area (Å²) in [6, 6.07) is 11.6. The van der Waals surface area contributed by atoms with Gasteiger partial charge < -0.3 is 11.1 Å². The van der Waals surface area contributed by atoms with Crippen LogP contribution in [0, 0.1) is 5.82 Å². The van der Waals surface area contributed by atoms with Crippen molar-refractivity contribution >= 4 is 33.2 Å². The van der Waals surface area contributed by atoms with Crippen LogP contribution in [0.3, 0.4) is 0 Å². The van der Waals surface area contributed by atoms with E-state index < -0.39 is 5.82 Å². The zero-order valence-electron chi connectivity index (χ0n) is 9.99. The predicted octanol–water partition coefficient (Wildman–Crippen LogP) is 3.35. The summed E-state index contributed by atoms with van der Waals surface area (Å²) in [5.74, 6) is -0.656. The number of rotatable bonds is 3. The molecular weight excluding hydrogens is 311 g/mol. The Morgan fingerprint density at radius 3 is 2.68 bits per heavy atom. The van der Waals surface area contributed by atoms with Crippen LogP contribution in [-0.2, 0) is 11.2 Å². The number of benzene rings is 2. The number of para-hydroxylation sites is 1. The van der Waals surface area contributed by atoms with Crippen molar-refractivity contribution in [2.75, 3.05) is 11.1 Å². The summed E-state index contributed by atoms with van der Waals surface area (Å²) < 4.78 is 13.7. The van der Waals surface area contributed by atoms with E-state index in [-0.39, 0.29) is 12.3 Å². The van der Waals surface area contributed by atoms with Gasteiger partial charge in [0, 0.05) is 11.4 Å². The van der Waals surface area contributed by atoms with Crippen molar-refractivity contribution in [1.82, 2.24) is 0 Å². The monoisotopic (exact) mass is 322 g/mol. The number of carbonyl (C=O) groups excluding carboxylic acids is 1. The minimum Gasteiger partial charge on any atom is -0.398 e. The SMILES string of the molecule is Nc1ccccc1CC(=O)Nc1ccc(Br)c(F)c1. The maximum Gasteiger partial charge on any atom is 0.228 e. The van der Waals surface area contributed by atoms with Crippen LogP contribution >= 0.6 is 15.9 Å². The highest BCUT2D eigenvalue weighted by Gasteiger charge is 2.08. The van der Waals surface area contributed by atoms with Crippen LogP contribution in [0.25, 0.3) is 0 Å². The first-order valence-electron chi connectivity index (χ1n) is 5.64. The van der Waals surface area contributed by atoms with E-state index in [0.717, 1.165) is 5.56 Å². The number of amides is 1. The number of nitrogens with one attached hydrogen (secondary N) is 1. The van der Waals surface area contributed by atoms with Gasteiger partial charge in [0.05, 0.1) is 10.9 Å². The summed E-state index contributed by atoms with van der Waals surface area (Å²) in [6.45, 7) is 0. The van der Waals surface area contributed by atoms with Gasteiger partial charge in [0.2, 0.25) is 5.91 Å². The smallest absolute Gasteiger partial charge is 0.228 e. The molecule has 0 unspecified atom stereocenters. The van der Waals surface area contributed by atoms with E-state index in [1.807, 2.05) is 6.07 Å². The molecule has 19 heavy (non-hydrogen) atoms. The molecule has 0 aliphatic heterocycles. The van der Waals surface area contributed by atoms with E-state index >= 15 is 0 Å². The van der Waals surface area contributed by atoms with Gasteiger partial charge >= 0.3 is 0 Å². The van der Waals surface area contributed by atoms with Crippen LogP contribution in [0.4, 0.5) is 15.8 Å². The normalized spacial score (nSPS) is 10.2. The molecule has 0 heterocycles. The molecule has 0 bridgehead atoms. The molecule has 0 aromatic heterocycles. The van der Waals surface area contributed by atoms with Gasteiger partial charge in [-0.3, -0.25) is 4.79 Å². The summed E-state index contributed by atoms with van der Waals surface area (Å²) in [6.07, 6.45) is 0.157. The van der Waals surface area contributed by atoms with Crippen molar-refractivity contribution in [1.29, 1.82) is 0 Å². The third-order valence-electron chi connectivity index (χ3n) is 2.61. The van der Waals surface area contributed by atoms with Gasteiger partial charge in [-0.25, -0.2) is 4.39 Å². The van der Waals surface area contributed by atoms with E-state index in [4.69, 9.17) is 5.73 Å². The minimum absolute atomic E-state index is 0.157.